The number of amides is 1. The Bertz CT molecular complexity index is 828. The first-order valence-corrected chi connectivity index (χ1v) is 10.3. The molecule has 0 unspecified atom stereocenters. The van der Waals surface area contributed by atoms with Gasteiger partial charge in [-0.25, -0.2) is 8.42 Å². The third-order valence-electron chi connectivity index (χ3n) is 4.02. The molecule has 0 radical (unpaired) electrons. The van der Waals surface area contributed by atoms with Crippen molar-refractivity contribution < 1.29 is 17.9 Å². The Hall–Kier alpha value is -1.74. The van der Waals surface area contributed by atoms with Gasteiger partial charge in [0.25, 0.3) is 5.91 Å². The van der Waals surface area contributed by atoms with Crippen molar-refractivity contribution in [1.82, 2.24) is 9.62 Å². The standard InChI is InChI=1S/C17H20N2O4S2/c1-13(16-6-3-11-24-16)18-17(20)14-4-2-5-15(12-14)25(21,22)19-7-9-23-10-8-19/h2-6,11-13H,7-10H2,1H3,(H,18,20)/t13-/m0/s1. The fourth-order valence-electron chi connectivity index (χ4n) is 2.62. The van der Waals surface area contributed by atoms with E-state index in [0.29, 0.717) is 31.9 Å². The van der Waals surface area contributed by atoms with Crippen LogP contribution in [0.3, 0.4) is 0 Å². The summed E-state index contributed by atoms with van der Waals surface area (Å²) < 4.78 is 32.0. The summed E-state index contributed by atoms with van der Waals surface area (Å²) in [4.78, 5) is 13.6. The minimum Gasteiger partial charge on any atom is -0.379 e. The SMILES string of the molecule is C[C@H](NC(=O)c1cccc(S(=O)(=O)N2CCOCC2)c1)c1cccs1. The van der Waals surface area contributed by atoms with Gasteiger partial charge in [0.1, 0.15) is 0 Å². The second-order valence-electron chi connectivity index (χ2n) is 5.75. The molecule has 0 saturated carbocycles. The molecule has 134 valence electrons. The highest BCUT2D eigenvalue weighted by Gasteiger charge is 2.27. The third kappa shape index (κ3) is 4.09. The molecule has 1 aromatic carbocycles. The van der Waals surface area contributed by atoms with Gasteiger partial charge in [-0.15, -0.1) is 11.3 Å². The molecule has 6 nitrogen and oxygen atoms in total. The maximum Gasteiger partial charge on any atom is 0.251 e. The molecule has 25 heavy (non-hydrogen) atoms. The highest BCUT2D eigenvalue weighted by Crippen LogP contribution is 2.21. The van der Waals surface area contributed by atoms with Crippen LogP contribution >= 0.6 is 11.3 Å². The number of benzene rings is 1. The zero-order valence-corrected chi connectivity index (χ0v) is 15.5. The average molecular weight is 380 g/mol. The number of morpholine rings is 1. The fourth-order valence-corrected chi connectivity index (χ4v) is 4.81. The molecule has 2 aromatic rings. The summed E-state index contributed by atoms with van der Waals surface area (Å²) in [5.74, 6) is -0.292. The summed E-state index contributed by atoms with van der Waals surface area (Å²) in [6.45, 7) is 3.33. The van der Waals surface area contributed by atoms with Crippen LogP contribution < -0.4 is 5.32 Å². The third-order valence-corrected chi connectivity index (χ3v) is 6.97. The van der Waals surface area contributed by atoms with Gasteiger partial charge in [0, 0.05) is 23.5 Å². The molecule has 1 aromatic heterocycles. The number of rotatable bonds is 5. The predicted molar refractivity (Wildman–Crippen MR) is 96.2 cm³/mol. The largest absolute Gasteiger partial charge is 0.379 e. The number of carbonyl (C=O) groups is 1. The van der Waals surface area contributed by atoms with Gasteiger partial charge >= 0.3 is 0 Å². The van der Waals surface area contributed by atoms with E-state index in [4.69, 9.17) is 4.74 Å². The number of ether oxygens (including phenoxy) is 1. The lowest BCUT2D eigenvalue weighted by molar-refractivity contribution is 0.0730. The topological polar surface area (TPSA) is 75.7 Å². The van der Waals surface area contributed by atoms with Gasteiger partial charge < -0.3 is 10.1 Å². The van der Waals surface area contributed by atoms with E-state index in [9.17, 15) is 13.2 Å². The first-order chi connectivity index (χ1) is 12.0. The van der Waals surface area contributed by atoms with E-state index >= 15 is 0 Å². The predicted octanol–water partition coefficient (Wildman–Crippen LogP) is 2.26. The first-order valence-electron chi connectivity index (χ1n) is 8.01. The van der Waals surface area contributed by atoms with Crippen molar-refractivity contribution in [3.63, 3.8) is 0 Å². The number of sulfonamides is 1. The highest BCUT2D eigenvalue weighted by atomic mass is 32.2. The van der Waals surface area contributed by atoms with Crippen molar-refractivity contribution in [3.05, 3.63) is 52.2 Å². The van der Waals surface area contributed by atoms with Crippen LogP contribution in [0.25, 0.3) is 0 Å². The first kappa shape index (κ1) is 18.1. The zero-order chi connectivity index (χ0) is 17.9. The lowest BCUT2D eigenvalue weighted by atomic mass is 10.2. The summed E-state index contributed by atoms with van der Waals surface area (Å²) >= 11 is 1.57. The van der Waals surface area contributed by atoms with Gasteiger partial charge in [-0.3, -0.25) is 4.79 Å². The van der Waals surface area contributed by atoms with E-state index in [1.54, 1.807) is 23.5 Å². The van der Waals surface area contributed by atoms with Crippen molar-refractivity contribution in [3.8, 4) is 0 Å². The van der Waals surface area contributed by atoms with Crippen LogP contribution in [0.2, 0.25) is 0 Å². The fraction of sp³-hybridized carbons (Fsp3) is 0.353. The molecular formula is C17H20N2O4S2. The molecule has 1 amide bonds. The normalized spacial score (nSPS) is 17.2. The maximum atomic E-state index is 12.7. The Morgan fingerprint density at radius 2 is 2.00 bits per heavy atom. The van der Waals surface area contributed by atoms with Gasteiger partial charge in [0.2, 0.25) is 10.0 Å². The lowest BCUT2D eigenvalue weighted by Crippen LogP contribution is -2.40. The maximum absolute atomic E-state index is 12.7. The van der Waals surface area contributed by atoms with Crippen LogP contribution in [0.15, 0.2) is 46.7 Å². The summed E-state index contributed by atoms with van der Waals surface area (Å²) in [5, 5.41) is 4.85. The number of thiophene rings is 1. The average Bonchev–Trinajstić information content (AvgIpc) is 3.17. The number of nitrogens with one attached hydrogen (secondary N) is 1. The Kier molecular flexibility index (Phi) is 5.53. The van der Waals surface area contributed by atoms with Crippen molar-refractivity contribution >= 4 is 27.3 Å². The van der Waals surface area contributed by atoms with Crippen molar-refractivity contribution in [1.29, 1.82) is 0 Å². The molecule has 1 aliphatic rings. The molecule has 8 heteroatoms. The van der Waals surface area contributed by atoms with Crippen LogP contribution in [0.5, 0.6) is 0 Å². The van der Waals surface area contributed by atoms with Gasteiger partial charge in [-0.05, 0) is 36.6 Å². The monoisotopic (exact) mass is 380 g/mol. The van der Waals surface area contributed by atoms with Gasteiger partial charge in [0.05, 0.1) is 24.2 Å². The molecule has 1 N–H and O–H groups in total. The number of carbonyl (C=O) groups excluding carboxylic acids is 1. The second-order valence-corrected chi connectivity index (χ2v) is 8.67. The molecule has 3 rings (SSSR count). The van der Waals surface area contributed by atoms with E-state index in [1.807, 2.05) is 24.4 Å². The quantitative estimate of drug-likeness (QED) is 0.863. The van der Waals surface area contributed by atoms with Crippen LogP contribution in [0.1, 0.15) is 28.2 Å². The molecule has 2 heterocycles. The molecule has 0 spiro atoms. The highest BCUT2D eigenvalue weighted by molar-refractivity contribution is 7.89. The molecular weight excluding hydrogens is 360 g/mol. The summed E-state index contributed by atoms with van der Waals surface area (Å²) in [5.41, 5.74) is 0.331. The number of hydrogen-bond acceptors (Lipinski definition) is 5. The van der Waals surface area contributed by atoms with E-state index in [-0.39, 0.29) is 16.8 Å². The molecule has 0 aliphatic carbocycles. The minimum absolute atomic E-state index is 0.130. The second kappa shape index (κ2) is 7.65. The Labute approximate surface area is 151 Å². The van der Waals surface area contributed by atoms with Crippen molar-refractivity contribution in [2.45, 2.75) is 17.9 Å². The minimum atomic E-state index is -3.61. The smallest absolute Gasteiger partial charge is 0.251 e. The molecule has 1 atom stereocenters. The molecule has 1 saturated heterocycles. The summed E-state index contributed by atoms with van der Waals surface area (Å²) in [6, 6.07) is 9.91. The Morgan fingerprint density at radius 3 is 2.68 bits per heavy atom. The van der Waals surface area contributed by atoms with Crippen LogP contribution in [0.4, 0.5) is 0 Å². The summed E-state index contributed by atoms with van der Waals surface area (Å²) in [6.07, 6.45) is 0. The van der Waals surface area contributed by atoms with E-state index < -0.39 is 10.0 Å². The van der Waals surface area contributed by atoms with E-state index in [2.05, 4.69) is 5.32 Å². The molecule has 1 fully saturated rings. The van der Waals surface area contributed by atoms with Crippen LogP contribution in [-0.4, -0.2) is 44.9 Å². The van der Waals surface area contributed by atoms with E-state index in [0.717, 1.165) is 4.88 Å². The Morgan fingerprint density at radius 1 is 1.24 bits per heavy atom. The van der Waals surface area contributed by atoms with Gasteiger partial charge in [-0.1, -0.05) is 12.1 Å². The van der Waals surface area contributed by atoms with E-state index in [1.165, 1.54) is 16.4 Å². The van der Waals surface area contributed by atoms with Gasteiger partial charge in [-0.2, -0.15) is 4.31 Å². The van der Waals surface area contributed by atoms with Crippen molar-refractivity contribution in [2.75, 3.05) is 26.3 Å². The molecule has 0 bridgehead atoms. The number of hydrogen-bond donors (Lipinski definition) is 1. The lowest BCUT2D eigenvalue weighted by Gasteiger charge is -2.26. The van der Waals surface area contributed by atoms with Gasteiger partial charge in [0.15, 0.2) is 0 Å². The summed E-state index contributed by atoms with van der Waals surface area (Å²) in [7, 11) is -3.61. The Balaban J connectivity index is 1.77. The zero-order valence-electron chi connectivity index (χ0n) is 13.8. The van der Waals surface area contributed by atoms with Crippen molar-refractivity contribution in [2.24, 2.45) is 0 Å². The molecule has 1 aliphatic heterocycles. The van der Waals surface area contributed by atoms with Crippen LogP contribution in [-0.2, 0) is 14.8 Å². The number of nitrogens with zero attached hydrogens (tertiary/aromatic N) is 1. The van der Waals surface area contributed by atoms with Crippen LogP contribution in [0, 0.1) is 0 Å².